The molecule has 2 rings (SSSR count). The largest absolute Gasteiger partial charge is 0.497 e. The van der Waals surface area contributed by atoms with Gasteiger partial charge in [-0.25, -0.2) is 0 Å². The molecule has 0 spiro atoms. The van der Waals surface area contributed by atoms with Crippen molar-refractivity contribution in [3.8, 4) is 11.8 Å². The first-order valence-corrected chi connectivity index (χ1v) is 16.0. The number of aryl methyl sites for hydroxylation is 1. The normalized spacial score (nSPS) is 13.7. The highest BCUT2D eigenvalue weighted by atomic mass is 35.5. The molecule has 4 nitrogen and oxygen atoms in total. The molecule has 2 aromatic rings. The third kappa shape index (κ3) is 12.2. The van der Waals surface area contributed by atoms with Crippen molar-refractivity contribution >= 4 is 23.2 Å². The van der Waals surface area contributed by atoms with Gasteiger partial charge in [0.2, 0.25) is 0 Å². The van der Waals surface area contributed by atoms with Gasteiger partial charge in [-0.2, -0.15) is 15.5 Å². The number of methoxy groups -OCH3 is 1. The standard InChI is InChI=1S/C34H49Cl2N3O/c1-4-5-6-7-8-9-10-11-12-13-23-34(27-37,29-16-14-18-31(26-29)40-3)24-15-17-30(39-38-2)21-19-28-20-22-32(35)33(36)25-28/h14,16,18,20,22,25-26,30H,4-13,15,17,19,21,23-24H2,1-3H3. The monoisotopic (exact) mass is 585 g/mol. The average molecular weight is 587 g/mol. The number of nitriles is 1. The smallest absolute Gasteiger partial charge is 0.119 e. The van der Waals surface area contributed by atoms with Crippen molar-refractivity contribution in [3.05, 3.63) is 63.6 Å². The van der Waals surface area contributed by atoms with Crippen LogP contribution in [0.2, 0.25) is 10.0 Å². The molecule has 0 saturated heterocycles. The quantitative estimate of drug-likeness (QED) is 0.108. The van der Waals surface area contributed by atoms with Crippen LogP contribution < -0.4 is 4.74 Å². The molecule has 0 radical (unpaired) electrons. The van der Waals surface area contributed by atoms with E-state index in [0.29, 0.717) is 10.0 Å². The second-order valence-electron chi connectivity index (χ2n) is 11.0. The Bertz CT molecular complexity index is 1050. The molecule has 0 aromatic heterocycles. The number of hydrogen-bond donors (Lipinski definition) is 0. The van der Waals surface area contributed by atoms with Gasteiger partial charge in [-0.05, 0) is 73.9 Å². The molecular formula is C34H49Cl2N3O. The van der Waals surface area contributed by atoms with Crippen LogP contribution in [-0.4, -0.2) is 20.2 Å². The zero-order chi connectivity index (χ0) is 29.1. The van der Waals surface area contributed by atoms with E-state index in [2.05, 4.69) is 29.3 Å². The Hall–Kier alpha value is -2.09. The van der Waals surface area contributed by atoms with Crippen molar-refractivity contribution in [2.24, 2.45) is 10.2 Å². The molecule has 0 aliphatic rings. The van der Waals surface area contributed by atoms with Gasteiger partial charge in [0.15, 0.2) is 0 Å². The van der Waals surface area contributed by atoms with Crippen LogP contribution in [0.3, 0.4) is 0 Å². The number of hydrogen-bond acceptors (Lipinski definition) is 4. The lowest BCUT2D eigenvalue weighted by Crippen LogP contribution is -2.25. The molecule has 0 aliphatic heterocycles. The molecule has 0 bridgehead atoms. The molecule has 2 unspecified atom stereocenters. The van der Waals surface area contributed by atoms with E-state index in [1.54, 1.807) is 14.2 Å². The fourth-order valence-electron chi connectivity index (χ4n) is 5.52. The predicted octanol–water partition coefficient (Wildman–Crippen LogP) is 11.3. The Morgan fingerprint density at radius 2 is 1.52 bits per heavy atom. The zero-order valence-corrected chi connectivity index (χ0v) is 26.5. The van der Waals surface area contributed by atoms with E-state index >= 15 is 0 Å². The molecule has 0 saturated carbocycles. The highest BCUT2D eigenvalue weighted by Crippen LogP contribution is 2.37. The third-order valence-electron chi connectivity index (χ3n) is 7.96. The van der Waals surface area contributed by atoms with Crippen LogP contribution >= 0.6 is 23.2 Å². The van der Waals surface area contributed by atoms with Crippen LogP contribution in [0.25, 0.3) is 0 Å². The van der Waals surface area contributed by atoms with Gasteiger partial charge in [0.25, 0.3) is 0 Å². The lowest BCUT2D eigenvalue weighted by Gasteiger charge is -2.28. The van der Waals surface area contributed by atoms with Gasteiger partial charge in [-0.1, -0.05) is 113 Å². The van der Waals surface area contributed by atoms with Gasteiger partial charge in [-0.3, -0.25) is 0 Å². The van der Waals surface area contributed by atoms with Gasteiger partial charge in [-0.15, -0.1) is 0 Å². The Kier molecular flexibility index (Phi) is 17.0. The second kappa shape index (κ2) is 19.9. The SMILES string of the molecule is CCCCCCCCCCCCC(C#N)(CCCC(CCc1ccc(Cl)c(Cl)c1)N=NC)c1cccc(OC)c1. The Morgan fingerprint density at radius 3 is 2.15 bits per heavy atom. The van der Waals surface area contributed by atoms with E-state index in [9.17, 15) is 5.26 Å². The molecule has 0 amide bonds. The number of unbranched alkanes of at least 4 members (excludes halogenated alkanes) is 9. The lowest BCUT2D eigenvalue weighted by atomic mass is 9.73. The Labute approximate surface area is 253 Å². The van der Waals surface area contributed by atoms with Crippen molar-refractivity contribution < 1.29 is 4.74 Å². The first-order chi connectivity index (χ1) is 19.5. The zero-order valence-electron chi connectivity index (χ0n) is 24.9. The summed E-state index contributed by atoms with van der Waals surface area (Å²) in [4.78, 5) is 0. The highest BCUT2D eigenvalue weighted by Gasteiger charge is 2.32. The maximum absolute atomic E-state index is 10.6. The van der Waals surface area contributed by atoms with E-state index in [4.69, 9.17) is 27.9 Å². The summed E-state index contributed by atoms with van der Waals surface area (Å²) < 4.78 is 5.51. The van der Waals surface area contributed by atoms with Crippen molar-refractivity contribution in [1.29, 1.82) is 5.26 Å². The third-order valence-corrected chi connectivity index (χ3v) is 8.70. The minimum absolute atomic E-state index is 0.110. The summed E-state index contributed by atoms with van der Waals surface area (Å²) in [7, 11) is 3.41. The van der Waals surface area contributed by atoms with E-state index in [1.807, 2.05) is 36.4 Å². The van der Waals surface area contributed by atoms with E-state index < -0.39 is 5.41 Å². The molecule has 6 heteroatoms. The van der Waals surface area contributed by atoms with Crippen LogP contribution in [0.5, 0.6) is 5.75 Å². The number of rotatable bonds is 21. The van der Waals surface area contributed by atoms with Crippen molar-refractivity contribution in [2.75, 3.05) is 14.2 Å². The summed E-state index contributed by atoms with van der Waals surface area (Å²) in [6.45, 7) is 2.27. The minimum Gasteiger partial charge on any atom is -0.497 e. The molecule has 40 heavy (non-hydrogen) atoms. The number of ether oxygens (including phenoxy) is 1. The molecule has 220 valence electrons. The van der Waals surface area contributed by atoms with Crippen LogP contribution in [0, 0.1) is 11.3 Å². The van der Waals surface area contributed by atoms with Gasteiger partial charge in [0, 0.05) is 7.05 Å². The van der Waals surface area contributed by atoms with Gasteiger partial charge < -0.3 is 4.74 Å². The molecule has 0 heterocycles. The molecule has 0 N–H and O–H groups in total. The molecule has 2 atom stereocenters. The fourth-order valence-corrected chi connectivity index (χ4v) is 5.84. The second-order valence-corrected chi connectivity index (χ2v) is 11.8. The number of nitrogens with zero attached hydrogens (tertiary/aromatic N) is 3. The molecule has 0 fully saturated rings. The maximum atomic E-state index is 10.6. The van der Waals surface area contributed by atoms with Gasteiger partial charge in [0.05, 0.1) is 34.7 Å². The van der Waals surface area contributed by atoms with Crippen molar-refractivity contribution in [2.45, 2.75) is 121 Å². The number of benzene rings is 2. The summed E-state index contributed by atoms with van der Waals surface area (Å²) >= 11 is 12.3. The van der Waals surface area contributed by atoms with E-state index in [1.165, 1.54) is 57.8 Å². The fraction of sp³-hybridized carbons (Fsp3) is 0.618. The van der Waals surface area contributed by atoms with Crippen LogP contribution in [0.1, 0.15) is 114 Å². The maximum Gasteiger partial charge on any atom is 0.119 e. The Balaban J connectivity index is 1.96. The van der Waals surface area contributed by atoms with Crippen LogP contribution in [-0.2, 0) is 11.8 Å². The molecular weight excluding hydrogens is 537 g/mol. The summed E-state index contributed by atoms with van der Waals surface area (Å²) in [5.74, 6) is 0.805. The summed E-state index contributed by atoms with van der Waals surface area (Å²) in [5, 5.41) is 20.3. The topological polar surface area (TPSA) is 57.7 Å². The van der Waals surface area contributed by atoms with E-state index in [0.717, 1.165) is 61.8 Å². The molecule has 2 aromatic carbocycles. The first kappa shape index (κ1) is 34.1. The van der Waals surface area contributed by atoms with Gasteiger partial charge in [0.1, 0.15) is 5.75 Å². The summed E-state index contributed by atoms with van der Waals surface area (Å²) in [6, 6.07) is 16.8. The highest BCUT2D eigenvalue weighted by molar-refractivity contribution is 6.42. The lowest BCUT2D eigenvalue weighted by molar-refractivity contribution is 0.392. The minimum atomic E-state index is -0.522. The Morgan fingerprint density at radius 1 is 0.850 bits per heavy atom. The number of halogens is 2. The average Bonchev–Trinajstić information content (AvgIpc) is 2.97. The van der Waals surface area contributed by atoms with Crippen molar-refractivity contribution in [1.82, 2.24) is 0 Å². The van der Waals surface area contributed by atoms with Gasteiger partial charge >= 0.3 is 0 Å². The summed E-state index contributed by atoms with van der Waals surface area (Å²) in [5.41, 5.74) is 1.69. The molecule has 0 aliphatic carbocycles. The van der Waals surface area contributed by atoms with Crippen LogP contribution in [0.4, 0.5) is 0 Å². The predicted molar refractivity (Wildman–Crippen MR) is 170 cm³/mol. The first-order valence-electron chi connectivity index (χ1n) is 15.3. The van der Waals surface area contributed by atoms with Crippen LogP contribution in [0.15, 0.2) is 52.7 Å². The van der Waals surface area contributed by atoms with Crippen molar-refractivity contribution in [3.63, 3.8) is 0 Å². The van der Waals surface area contributed by atoms with E-state index in [-0.39, 0.29) is 6.04 Å². The number of azo groups is 1. The summed E-state index contributed by atoms with van der Waals surface area (Å²) in [6.07, 6.45) is 18.1.